The number of hydrogen-bond donors (Lipinski definition) is 1. The number of aliphatic hydroxyl groups is 1. The van der Waals surface area contributed by atoms with E-state index in [-0.39, 0.29) is 5.78 Å². The molecule has 4 heteroatoms. The molecule has 0 aliphatic carbocycles. The molecule has 0 aliphatic rings. The smallest absolute Gasteiger partial charge is 0.167 e. The first-order chi connectivity index (χ1) is 16.7. The van der Waals surface area contributed by atoms with Gasteiger partial charge >= 0.3 is 0 Å². The van der Waals surface area contributed by atoms with Crippen molar-refractivity contribution in [3.8, 4) is 0 Å². The van der Waals surface area contributed by atoms with Crippen molar-refractivity contribution in [2.45, 2.75) is 52.0 Å². The van der Waals surface area contributed by atoms with E-state index in [2.05, 4.69) is 97.9 Å². The van der Waals surface area contributed by atoms with Gasteiger partial charge in [-0.3, -0.25) is 4.79 Å². The molecular formula is C31H44BNO2. The minimum absolute atomic E-state index is 0.0365. The van der Waals surface area contributed by atoms with Crippen LogP contribution in [-0.4, -0.2) is 55.3 Å². The molecular weight excluding hydrogens is 429 g/mol. The quantitative estimate of drug-likeness (QED) is 0.332. The second-order valence-corrected chi connectivity index (χ2v) is 10.6. The molecule has 1 atom stereocenters. The number of rotatable bonds is 11. The number of benzene rings is 3. The fourth-order valence-corrected chi connectivity index (χ4v) is 4.97. The van der Waals surface area contributed by atoms with Crippen molar-refractivity contribution in [1.29, 1.82) is 0 Å². The van der Waals surface area contributed by atoms with Crippen molar-refractivity contribution in [2.75, 3.05) is 27.7 Å². The summed E-state index contributed by atoms with van der Waals surface area (Å²) in [5, 5.41) is 9.42. The van der Waals surface area contributed by atoms with Gasteiger partial charge in [-0.05, 0) is 6.42 Å². The topological polar surface area (TPSA) is 37.3 Å². The second-order valence-electron chi connectivity index (χ2n) is 10.6. The van der Waals surface area contributed by atoms with Crippen LogP contribution in [-0.2, 0) is 4.79 Å². The normalized spacial score (nSPS) is 12.4. The number of carbonyl (C=O) groups excluding carboxylic acids is 1. The summed E-state index contributed by atoms with van der Waals surface area (Å²) in [6, 6.07) is 33.2. The van der Waals surface area contributed by atoms with E-state index in [0.717, 1.165) is 6.42 Å². The Morgan fingerprint density at radius 3 is 1.46 bits per heavy atom. The van der Waals surface area contributed by atoms with Crippen molar-refractivity contribution < 1.29 is 14.4 Å². The van der Waals surface area contributed by atoms with E-state index < -0.39 is 12.2 Å². The third-order valence-corrected chi connectivity index (χ3v) is 6.69. The van der Waals surface area contributed by atoms with Gasteiger partial charge in [0.25, 0.3) is 0 Å². The summed E-state index contributed by atoms with van der Waals surface area (Å²) in [5.74, 6) is -0.0365. The van der Waals surface area contributed by atoms with Gasteiger partial charge < -0.3 is 9.59 Å². The minimum Gasteiger partial charge on any atom is -0.380 e. The van der Waals surface area contributed by atoms with Crippen LogP contribution in [0.4, 0.5) is 0 Å². The van der Waals surface area contributed by atoms with E-state index >= 15 is 0 Å². The Bertz CT molecular complexity index is 888. The fraction of sp³-hybridized carbons (Fsp3) is 0.387. The molecule has 0 heterocycles. The van der Waals surface area contributed by atoms with E-state index in [1.807, 2.05) is 28.1 Å². The zero-order valence-corrected chi connectivity index (χ0v) is 22.4. The van der Waals surface area contributed by atoms with Gasteiger partial charge in [0.2, 0.25) is 0 Å². The summed E-state index contributed by atoms with van der Waals surface area (Å²) in [7, 11) is 5.88. The molecule has 3 aromatic carbocycles. The number of Topliss-reactive ketones (excluding diaryl/α,β-unsaturated/α-hetero) is 1. The van der Waals surface area contributed by atoms with Crippen LogP contribution in [0.1, 0.15) is 39.5 Å². The summed E-state index contributed by atoms with van der Waals surface area (Å²) in [5.41, 5.74) is 4.33. The second kappa shape index (κ2) is 14.0. The van der Waals surface area contributed by atoms with Gasteiger partial charge in [-0.1, -0.05) is 118 Å². The van der Waals surface area contributed by atoms with E-state index in [1.165, 1.54) is 35.6 Å². The third-order valence-electron chi connectivity index (χ3n) is 6.69. The zero-order valence-electron chi connectivity index (χ0n) is 22.4. The largest absolute Gasteiger partial charge is 0.380 e. The van der Waals surface area contributed by atoms with Crippen molar-refractivity contribution in [3.63, 3.8) is 0 Å². The first-order valence-corrected chi connectivity index (χ1v) is 13.1. The maximum atomic E-state index is 11.2. The molecule has 0 aromatic heterocycles. The lowest BCUT2D eigenvalue weighted by atomic mass is 9.14. The molecule has 188 valence electrons. The number of unbranched alkanes of at least 4 members (excludes halogenated alkanes) is 1. The summed E-state index contributed by atoms with van der Waals surface area (Å²) in [6.45, 7) is 4.72. The monoisotopic (exact) mass is 473 g/mol. The van der Waals surface area contributed by atoms with E-state index in [1.54, 1.807) is 0 Å². The van der Waals surface area contributed by atoms with Crippen LogP contribution in [0.2, 0.25) is 6.32 Å². The molecule has 1 N–H and O–H groups in total. The first kappa shape index (κ1) is 28.6. The van der Waals surface area contributed by atoms with Gasteiger partial charge in [0.05, 0.1) is 27.3 Å². The zero-order chi connectivity index (χ0) is 25.7. The Morgan fingerprint density at radius 1 is 0.743 bits per heavy atom. The minimum atomic E-state index is -0.913. The van der Waals surface area contributed by atoms with E-state index in [4.69, 9.17) is 0 Å². The number of quaternary nitrogens is 1. The average molecular weight is 474 g/mol. The highest BCUT2D eigenvalue weighted by Crippen LogP contribution is 2.16. The molecule has 0 fully saturated rings. The fourth-order valence-electron chi connectivity index (χ4n) is 4.97. The summed E-state index contributed by atoms with van der Waals surface area (Å²) in [4.78, 5) is 11.2. The molecule has 0 spiro atoms. The summed E-state index contributed by atoms with van der Waals surface area (Å²) in [6.07, 6.45) is 3.24. The predicted octanol–water partition coefficient (Wildman–Crippen LogP) is 4.38. The highest BCUT2D eigenvalue weighted by Gasteiger charge is 2.28. The average Bonchev–Trinajstić information content (AvgIpc) is 2.86. The number of carbonyl (C=O) groups is 1. The molecule has 3 aromatic rings. The lowest BCUT2D eigenvalue weighted by Crippen LogP contribution is -2.66. The van der Waals surface area contributed by atoms with Crippen molar-refractivity contribution in [3.05, 3.63) is 91.0 Å². The molecule has 3 rings (SSSR count). The SMILES string of the molecule is CCCC(=O)C(O)C[N+](C)(C)C.CCCC[B-](c1ccccc1)(c1ccccc1)c1ccccc1. The van der Waals surface area contributed by atoms with E-state index in [0.29, 0.717) is 17.4 Å². The molecule has 0 aliphatic heterocycles. The van der Waals surface area contributed by atoms with Crippen LogP contribution in [0.15, 0.2) is 91.0 Å². The lowest BCUT2D eigenvalue weighted by molar-refractivity contribution is -0.872. The number of likely N-dealkylation sites (N-methyl/N-ethyl adjacent to an activating group) is 1. The Balaban J connectivity index is 0.000000307. The standard InChI is InChI=1S/C22H24B.C9H20NO2/c1-2-3-19-23(20-13-7-4-8-14-20,21-15-9-5-10-16-21)22-17-11-6-12-18-22;1-5-6-8(11)9(12)7-10(2,3)4/h4-18H,2-3,19H2,1H3;9,12H,5-7H2,1-4H3/q-1;+1. The van der Waals surface area contributed by atoms with Gasteiger partial charge in [0.15, 0.2) is 11.9 Å². The number of nitrogens with zero attached hydrogens (tertiary/aromatic N) is 1. The van der Waals surface area contributed by atoms with Gasteiger partial charge in [0, 0.05) is 6.42 Å². The van der Waals surface area contributed by atoms with Gasteiger partial charge in [-0.25, -0.2) is 0 Å². The maximum Gasteiger partial charge on any atom is 0.167 e. The summed E-state index contributed by atoms with van der Waals surface area (Å²) < 4.78 is 0.622. The van der Waals surface area contributed by atoms with Gasteiger partial charge in [-0.15, -0.1) is 0 Å². The first-order valence-electron chi connectivity index (χ1n) is 13.1. The molecule has 0 saturated carbocycles. The Labute approximate surface area is 213 Å². The van der Waals surface area contributed by atoms with Crippen molar-refractivity contribution in [2.24, 2.45) is 0 Å². The van der Waals surface area contributed by atoms with Crippen molar-refractivity contribution in [1.82, 2.24) is 0 Å². The lowest BCUT2D eigenvalue weighted by Gasteiger charge is -2.43. The molecule has 3 nitrogen and oxygen atoms in total. The molecule has 0 saturated heterocycles. The molecule has 1 unspecified atom stereocenters. The van der Waals surface area contributed by atoms with Crippen LogP contribution in [0.5, 0.6) is 0 Å². The molecule has 0 bridgehead atoms. The van der Waals surface area contributed by atoms with Gasteiger partial charge in [0.1, 0.15) is 6.54 Å². The number of aliphatic hydroxyl groups excluding tert-OH is 1. The number of ketones is 1. The van der Waals surface area contributed by atoms with Crippen LogP contribution in [0, 0.1) is 0 Å². The van der Waals surface area contributed by atoms with Crippen LogP contribution >= 0.6 is 0 Å². The third kappa shape index (κ3) is 8.49. The van der Waals surface area contributed by atoms with E-state index in [9.17, 15) is 9.90 Å². The summed E-state index contributed by atoms with van der Waals surface area (Å²) >= 11 is 0. The van der Waals surface area contributed by atoms with Crippen LogP contribution in [0.3, 0.4) is 0 Å². The Morgan fingerprint density at radius 2 is 1.14 bits per heavy atom. The number of hydrogen-bond acceptors (Lipinski definition) is 2. The predicted molar refractivity (Wildman–Crippen MR) is 153 cm³/mol. The van der Waals surface area contributed by atoms with Crippen molar-refractivity contribution >= 4 is 28.3 Å². The molecule has 0 amide bonds. The Hall–Kier alpha value is -2.69. The van der Waals surface area contributed by atoms with Crippen LogP contribution in [0.25, 0.3) is 0 Å². The highest BCUT2D eigenvalue weighted by atomic mass is 16.3. The molecule has 35 heavy (non-hydrogen) atoms. The highest BCUT2D eigenvalue weighted by molar-refractivity contribution is 7.11. The van der Waals surface area contributed by atoms with Gasteiger partial charge in [-0.2, -0.15) is 22.7 Å². The molecule has 0 radical (unpaired) electrons. The maximum absolute atomic E-state index is 11.2. The Kier molecular flexibility index (Phi) is 11.4. The van der Waals surface area contributed by atoms with Crippen LogP contribution < -0.4 is 16.4 Å².